The normalized spacial score (nSPS) is 15.5. The molecule has 0 saturated carbocycles. The van der Waals surface area contributed by atoms with Crippen molar-refractivity contribution in [2.45, 2.75) is 32.7 Å². The summed E-state index contributed by atoms with van der Waals surface area (Å²) >= 11 is 4.90. The lowest BCUT2D eigenvalue weighted by Crippen LogP contribution is -2.40. The van der Waals surface area contributed by atoms with Crippen LogP contribution in [0.5, 0.6) is 5.75 Å². The Morgan fingerprint density at radius 3 is 2.71 bits per heavy atom. The topological polar surface area (TPSA) is 74.8 Å². The number of carbonyl (C=O) groups is 1. The summed E-state index contributed by atoms with van der Waals surface area (Å²) in [6, 6.07) is 13.0. The van der Waals surface area contributed by atoms with Gasteiger partial charge in [0, 0.05) is 29.7 Å². The minimum absolute atomic E-state index is 0.198. The number of benzene rings is 2. The van der Waals surface area contributed by atoms with Gasteiger partial charge in [0.05, 0.1) is 40.0 Å². The molecule has 0 N–H and O–H groups in total. The lowest BCUT2D eigenvalue weighted by Gasteiger charge is -2.26. The van der Waals surface area contributed by atoms with Crippen LogP contribution in [0, 0.1) is 0 Å². The highest BCUT2D eigenvalue weighted by Crippen LogP contribution is 2.36. The summed E-state index contributed by atoms with van der Waals surface area (Å²) in [5.74, 6) is 0.201. The third-order valence-corrected chi connectivity index (χ3v) is 8.20. The summed E-state index contributed by atoms with van der Waals surface area (Å²) in [6.07, 6.45) is 5.33. The molecule has 0 fully saturated rings. The highest BCUT2D eigenvalue weighted by atomic mass is 79.9. The van der Waals surface area contributed by atoms with Crippen molar-refractivity contribution < 1.29 is 14.3 Å². The van der Waals surface area contributed by atoms with E-state index in [2.05, 4.69) is 22.0 Å². The number of aryl methyl sites for hydroxylation is 1. The molecule has 0 bridgehead atoms. The first-order chi connectivity index (χ1) is 18.4. The van der Waals surface area contributed by atoms with Gasteiger partial charge in [-0.15, -0.1) is 0 Å². The molecule has 0 unspecified atom stereocenters. The number of nitrogens with zero attached hydrogens (tertiary/aromatic N) is 3. The zero-order valence-corrected chi connectivity index (χ0v) is 24.1. The first-order valence-electron chi connectivity index (χ1n) is 12.5. The standard InChI is InChI=1S/C29H28BrN3O4S/c1-5-9-21-25(28(35)37-6-2)26(17-12-13-23(36-4)20(30)14-17)33-27(34)24(38-29(33)31-21)15-18-16-32(3)22-11-8-7-10-19(18)22/h7-8,10-16,26H,5-6,9H2,1-4H3/b24-15-/t26-/m0/s1. The van der Waals surface area contributed by atoms with Crippen LogP contribution in [-0.4, -0.2) is 28.8 Å². The second kappa shape index (κ2) is 10.7. The Morgan fingerprint density at radius 1 is 1.21 bits per heavy atom. The number of hydrogen-bond donors (Lipinski definition) is 0. The van der Waals surface area contributed by atoms with E-state index in [0.29, 0.717) is 32.8 Å². The Kier molecular flexibility index (Phi) is 7.40. The summed E-state index contributed by atoms with van der Waals surface area (Å²) in [6.45, 7) is 4.04. The first-order valence-corrected chi connectivity index (χ1v) is 14.1. The van der Waals surface area contributed by atoms with E-state index < -0.39 is 12.0 Å². The molecular weight excluding hydrogens is 566 g/mol. The highest BCUT2D eigenvalue weighted by molar-refractivity contribution is 9.10. The molecule has 1 aliphatic rings. The zero-order chi connectivity index (χ0) is 27.0. The number of hydrogen-bond acceptors (Lipinski definition) is 6. The number of para-hydroxylation sites is 1. The smallest absolute Gasteiger partial charge is 0.338 e. The van der Waals surface area contributed by atoms with E-state index in [4.69, 9.17) is 14.5 Å². The van der Waals surface area contributed by atoms with Gasteiger partial charge in [0.2, 0.25) is 0 Å². The zero-order valence-electron chi connectivity index (χ0n) is 21.7. The fourth-order valence-corrected chi connectivity index (χ4v) is 6.49. The maximum atomic E-state index is 14.0. The van der Waals surface area contributed by atoms with Crippen molar-refractivity contribution in [3.8, 4) is 5.75 Å². The van der Waals surface area contributed by atoms with Crippen molar-refractivity contribution in [3.05, 3.63) is 95.2 Å². The summed E-state index contributed by atoms with van der Waals surface area (Å²) in [7, 11) is 3.59. The maximum Gasteiger partial charge on any atom is 0.338 e. The summed E-state index contributed by atoms with van der Waals surface area (Å²) in [5.41, 5.74) is 3.66. The molecule has 0 saturated heterocycles. The molecule has 38 heavy (non-hydrogen) atoms. The maximum absolute atomic E-state index is 14.0. The van der Waals surface area contributed by atoms with Gasteiger partial charge in [-0.3, -0.25) is 9.36 Å². The van der Waals surface area contributed by atoms with Gasteiger partial charge in [0.15, 0.2) is 4.80 Å². The van der Waals surface area contributed by atoms with Gasteiger partial charge in [-0.1, -0.05) is 48.9 Å². The van der Waals surface area contributed by atoms with E-state index >= 15 is 0 Å². The van der Waals surface area contributed by atoms with Crippen LogP contribution in [-0.2, 0) is 16.6 Å². The molecule has 196 valence electrons. The number of halogens is 1. The third-order valence-electron chi connectivity index (χ3n) is 6.60. The molecule has 0 spiro atoms. The molecule has 2 aromatic carbocycles. The average molecular weight is 595 g/mol. The van der Waals surface area contributed by atoms with Crippen LogP contribution in [0.4, 0.5) is 0 Å². The predicted molar refractivity (Wildman–Crippen MR) is 153 cm³/mol. The van der Waals surface area contributed by atoms with E-state index in [1.807, 2.05) is 67.2 Å². The molecule has 0 aliphatic carbocycles. The molecule has 0 amide bonds. The number of ether oxygens (including phenoxy) is 2. The van der Waals surface area contributed by atoms with Gasteiger partial charge in [0.1, 0.15) is 5.75 Å². The van der Waals surface area contributed by atoms with Gasteiger partial charge >= 0.3 is 5.97 Å². The van der Waals surface area contributed by atoms with Crippen LogP contribution in [0.1, 0.15) is 43.9 Å². The van der Waals surface area contributed by atoms with E-state index in [0.717, 1.165) is 32.9 Å². The van der Waals surface area contributed by atoms with Crippen molar-refractivity contribution in [2.75, 3.05) is 13.7 Å². The second-order valence-electron chi connectivity index (χ2n) is 9.02. The average Bonchev–Trinajstić information content (AvgIpc) is 3.39. The minimum Gasteiger partial charge on any atom is -0.496 e. The number of thiazole rings is 1. The lowest BCUT2D eigenvalue weighted by molar-refractivity contribution is -0.139. The van der Waals surface area contributed by atoms with Crippen molar-refractivity contribution >= 4 is 50.2 Å². The molecule has 0 radical (unpaired) electrons. The summed E-state index contributed by atoms with van der Waals surface area (Å²) in [5, 5.41) is 1.07. The molecule has 1 aliphatic heterocycles. The van der Waals surface area contributed by atoms with Crippen LogP contribution in [0.3, 0.4) is 0 Å². The van der Waals surface area contributed by atoms with Crippen LogP contribution in [0.2, 0.25) is 0 Å². The molecule has 3 heterocycles. The van der Waals surface area contributed by atoms with Gasteiger partial charge in [-0.25, -0.2) is 9.79 Å². The molecule has 5 rings (SSSR count). The van der Waals surface area contributed by atoms with Gasteiger partial charge in [-0.2, -0.15) is 0 Å². The highest BCUT2D eigenvalue weighted by Gasteiger charge is 2.34. The van der Waals surface area contributed by atoms with Gasteiger partial charge in [-0.05, 0) is 59.1 Å². The van der Waals surface area contributed by atoms with E-state index in [1.165, 1.54) is 11.3 Å². The molecular formula is C29H28BrN3O4S. The number of esters is 1. The van der Waals surface area contributed by atoms with Gasteiger partial charge < -0.3 is 14.0 Å². The SMILES string of the molecule is CCCC1=C(C(=O)OCC)[C@H](c2ccc(OC)c(Br)c2)n2c(s/c(=C\c3cn(C)c4ccccc34)c2=O)=N1. The van der Waals surface area contributed by atoms with Crippen molar-refractivity contribution in [2.24, 2.45) is 12.0 Å². The Balaban J connectivity index is 1.78. The third kappa shape index (κ3) is 4.54. The fourth-order valence-electron chi connectivity index (χ4n) is 4.92. The molecule has 2 aromatic heterocycles. The Morgan fingerprint density at radius 2 is 2.00 bits per heavy atom. The first kappa shape index (κ1) is 26.2. The minimum atomic E-state index is -0.677. The number of carbonyl (C=O) groups excluding carboxylic acids is 1. The molecule has 9 heteroatoms. The van der Waals surface area contributed by atoms with Crippen molar-refractivity contribution in [3.63, 3.8) is 0 Å². The Hall–Kier alpha value is -3.43. The van der Waals surface area contributed by atoms with Crippen molar-refractivity contribution in [1.29, 1.82) is 0 Å². The van der Waals surface area contributed by atoms with Crippen LogP contribution < -0.4 is 19.6 Å². The monoisotopic (exact) mass is 593 g/mol. The molecule has 4 aromatic rings. The quantitative estimate of drug-likeness (QED) is 0.287. The van der Waals surface area contributed by atoms with Gasteiger partial charge in [0.25, 0.3) is 5.56 Å². The summed E-state index contributed by atoms with van der Waals surface area (Å²) in [4.78, 5) is 32.8. The fraction of sp³-hybridized carbons (Fsp3) is 0.276. The van der Waals surface area contributed by atoms with E-state index in [9.17, 15) is 9.59 Å². The number of allylic oxidation sites excluding steroid dienone is 1. The van der Waals surface area contributed by atoms with E-state index in [1.54, 1.807) is 18.6 Å². The van der Waals surface area contributed by atoms with E-state index in [-0.39, 0.29) is 12.2 Å². The second-order valence-corrected chi connectivity index (χ2v) is 10.9. The van der Waals surface area contributed by atoms with Crippen LogP contribution >= 0.6 is 27.3 Å². The molecule has 7 nitrogen and oxygen atoms in total. The Bertz CT molecular complexity index is 1760. The van der Waals surface area contributed by atoms with Crippen molar-refractivity contribution in [1.82, 2.24) is 9.13 Å². The summed E-state index contributed by atoms with van der Waals surface area (Å²) < 4.78 is 15.9. The Labute approximate surface area is 232 Å². The number of methoxy groups -OCH3 is 1. The number of aromatic nitrogens is 2. The largest absolute Gasteiger partial charge is 0.496 e. The lowest BCUT2D eigenvalue weighted by atomic mass is 9.94. The van der Waals surface area contributed by atoms with Crippen LogP contribution in [0.15, 0.2) is 74.2 Å². The molecule has 1 atom stereocenters. The predicted octanol–water partition coefficient (Wildman–Crippen LogP) is 4.84. The van der Waals surface area contributed by atoms with Crippen LogP contribution in [0.25, 0.3) is 17.0 Å². The number of rotatable bonds is 7. The number of fused-ring (bicyclic) bond motifs is 2.